The van der Waals surface area contributed by atoms with Crippen LogP contribution in [0.2, 0.25) is 0 Å². The van der Waals surface area contributed by atoms with Gasteiger partial charge in [-0.05, 0) is 36.4 Å². The van der Waals surface area contributed by atoms with Crippen LogP contribution in [0.5, 0.6) is 0 Å². The molecule has 6 heteroatoms. The van der Waals surface area contributed by atoms with Crippen molar-refractivity contribution < 1.29 is 4.52 Å². The quantitative estimate of drug-likeness (QED) is 0.801. The van der Waals surface area contributed by atoms with E-state index in [2.05, 4.69) is 15.1 Å². The molecule has 0 aliphatic rings. The predicted octanol–water partition coefficient (Wildman–Crippen LogP) is 2.86. The van der Waals surface area contributed by atoms with Crippen LogP contribution in [0.1, 0.15) is 27.9 Å². The average molecular weight is 286 g/mol. The highest BCUT2D eigenvalue weighted by atomic mass is 32.1. The van der Waals surface area contributed by atoms with Gasteiger partial charge in [0.05, 0.1) is 0 Å². The lowest BCUT2D eigenvalue weighted by atomic mass is 10.1. The molecule has 3 aromatic heterocycles. The Hall–Kier alpha value is -2.05. The Morgan fingerprint density at radius 1 is 1.35 bits per heavy atom. The van der Waals surface area contributed by atoms with Crippen molar-refractivity contribution in [3.05, 3.63) is 51.7 Å². The third-order valence-electron chi connectivity index (χ3n) is 2.98. The lowest BCUT2D eigenvalue weighted by Gasteiger charge is -2.02. The number of aromatic nitrogens is 3. The lowest BCUT2D eigenvalue weighted by molar-refractivity contribution is 0.368. The summed E-state index contributed by atoms with van der Waals surface area (Å²) in [4.78, 5) is 9.72. The van der Waals surface area contributed by atoms with Crippen molar-refractivity contribution in [1.29, 1.82) is 0 Å². The van der Waals surface area contributed by atoms with Crippen molar-refractivity contribution in [1.82, 2.24) is 15.1 Å². The van der Waals surface area contributed by atoms with Gasteiger partial charge in [0, 0.05) is 11.1 Å². The largest absolute Gasteiger partial charge is 0.337 e. The molecule has 0 aliphatic carbocycles. The first-order valence-electron chi connectivity index (χ1n) is 6.21. The highest BCUT2D eigenvalue weighted by molar-refractivity contribution is 7.10. The molecule has 0 amide bonds. The summed E-state index contributed by atoms with van der Waals surface area (Å²) in [6.45, 7) is 3.97. The SMILES string of the molecule is Cc1cnc(-c2noc(C(N)c3cccs3)n2)c(C)c1. The van der Waals surface area contributed by atoms with E-state index >= 15 is 0 Å². The van der Waals surface area contributed by atoms with Gasteiger partial charge in [0.25, 0.3) is 0 Å². The van der Waals surface area contributed by atoms with Gasteiger partial charge < -0.3 is 10.3 Å². The Labute approximate surface area is 120 Å². The van der Waals surface area contributed by atoms with Crippen LogP contribution < -0.4 is 5.73 Å². The maximum Gasteiger partial charge on any atom is 0.249 e. The van der Waals surface area contributed by atoms with E-state index < -0.39 is 0 Å². The number of nitrogens with zero attached hydrogens (tertiary/aromatic N) is 3. The second-order valence-electron chi connectivity index (χ2n) is 4.63. The van der Waals surface area contributed by atoms with Gasteiger partial charge in [-0.3, -0.25) is 4.98 Å². The molecular weight excluding hydrogens is 272 g/mol. The smallest absolute Gasteiger partial charge is 0.249 e. The molecule has 1 unspecified atom stereocenters. The summed E-state index contributed by atoms with van der Waals surface area (Å²) in [5, 5.41) is 5.95. The first kappa shape index (κ1) is 13.0. The van der Waals surface area contributed by atoms with E-state index in [1.165, 1.54) is 0 Å². The predicted molar refractivity (Wildman–Crippen MR) is 77.4 cm³/mol. The van der Waals surface area contributed by atoms with Crippen LogP contribution >= 0.6 is 11.3 Å². The minimum Gasteiger partial charge on any atom is -0.337 e. The molecule has 0 bridgehead atoms. The van der Waals surface area contributed by atoms with Gasteiger partial charge in [0.1, 0.15) is 11.7 Å². The molecule has 0 aliphatic heterocycles. The highest BCUT2D eigenvalue weighted by Gasteiger charge is 2.19. The Balaban J connectivity index is 1.94. The normalized spacial score (nSPS) is 12.6. The van der Waals surface area contributed by atoms with Gasteiger partial charge in [-0.15, -0.1) is 11.3 Å². The first-order chi connectivity index (χ1) is 9.65. The molecule has 0 aromatic carbocycles. The second-order valence-corrected chi connectivity index (χ2v) is 5.61. The van der Waals surface area contributed by atoms with Crippen LogP contribution in [-0.4, -0.2) is 15.1 Å². The van der Waals surface area contributed by atoms with E-state index in [4.69, 9.17) is 10.3 Å². The van der Waals surface area contributed by atoms with E-state index in [1.54, 1.807) is 17.5 Å². The number of nitrogens with two attached hydrogens (primary N) is 1. The van der Waals surface area contributed by atoms with Gasteiger partial charge in [-0.25, -0.2) is 0 Å². The zero-order valence-corrected chi connectivity index (χ0v) is 12.0. The van der Waals surface area contributed by atoms with Crippen molar-refractivity contribution in [3.63, 3.8) is 0 Å². The number of aryl methyl sites for hydroxylation is 2. The molecule has 3 rings (SSSR count). The molecule has 0 spiro atoms. The first-order valence-corrected chi connectivity index (χ1v) is 7.09. The third-order valence-corrected chi connectivity index (χ3v) is 3.94. The van der Waals surface area contributed by atoms with Crippen molar-refractivity contribution in [2.75, 3.05) is 0 Å². The zero-order valence-electron chi connectivity index (χ0n) is 11.2. The van der Waals surface area contributed by atoms with Crippen molar-refractivity contribution >= 4 is 11.3 Å². The fraction of sp³-hybridized carbons (Fsp3) is 0.214. The topological polar surface area (TPSA) is 77.8 Å². The minimum atomic E-state index is -0.387. The van der Waals surface area contributed by atoms with E-state index in [9.17, 15) is 0 Å². The molecule has 0 fully saturated rings. The summed E-state index contributed by atoms with van der Waals surface area (Å²) in [7, 11) is 0. The molecule has 3 aromatic rings. The van der Waals surface area contributed by atoms with E-state index in [-0.39, 0.29) is 6.04 Å². The average Bonchev–Trinajstić information content (AvgIpc) is 3.09. The van der Waals surface area contributed by atoms with Crippen LogP contribution in [0, 0.1) is 13.8 Å². The summed E-state index contributed by atoms with van der Waals surface area (Å²) in [6.07, 6.45) is 1.79. The molecule has 102 valence electrons. The highest BCUT2D eigenvalue weighted by Crippen LogP contribution is 2.25. The van der Waals surface area contributed by atoms with Crippen LogP contribution in [0.15, 0.2) is 34.3 Å². The Morgan fingerprint density at radius 2 is 2.20 bits per heavy atom. The van der Waals surface area contributed by atoms with Gasteiger partial charge in [-0.1, -0.05) is 17.3 Å². The van der Waals surface area contributed by atoms with Crippen LogP contribution in [-0.2, 0) is 0 Å². The van der Waals surface area contributed by atoms with Crippen molar-refractivity contribution in [2.24, 2.45) is 5.73 Å². The molecule has 0 radical (unpaired) electrons. The van der Waals surface area contributed by atoms with Crippen molar-refractivity contribution in [2.45, 2.75) is 19.9 Å². The Bertz CT molecular complexity index is 721. The Morgan fingerprint density at radius 3 is 2.90 bits per heavy atom. The molecular formula is C14H14N4OS. The van der Waals surface area contributed by atoms with Crippen molar-refractivity contribution in [3.8, 4) is 11.5 Å². The van der Waals surface area contributed by atoms with E-state index in [0.717, 1.165) is 21.7 Å². The fourth-order valence-corrected chi connectivity index (χ4v) is 2.72. The molecule has 1 atom stereocenters. The molecule has 5 nitrogen and oxygen atoms in total. The monoisotopic (exact) mass is 286 g/mol. The molecule has 20 heavy (non-hydrogen) atoms. The van der Waals surface area contributed by atoms with E-state index in [1.807, 2.05) is 37.4 Å². The van der Waals surface area contributed by atoms with Gasteiger partial charge in [-0.2, -0.15) is 4.98 Å². The fourth-order valence-electron chi connectivity index (χ4n) is 2.00. The lowest BCUT2D eigenvalue weighted by Crippen LogP contribution is -2.10. The molecule has 2 N–H and O–H groups in total. The summed E-state index contributed by atoms with van der Waals surface area (Å²) in [5.74, 6) is 0.883. The summed E-state index contributed by atoms with van der Waals surface area (Å²) in [5.41, 5.74) is 8.95. The minimum absolute atomic E-state index is 0.387. The number of thiophene rings is 1. The molecule has 0 saturated carbocycles. The maximum absolute atomic E-state index is 6.11. The standard InChI is InChI=1S/C14H14N4OS/c1-8-6-9(2)12(16-7-8)13-17-14(19-18-13)11(15)10-4-3-5-20-10/h3-7,11H,15H2,1-2H3. The second kappa shape index (κ2) is 5.15. The zero-order chi connectivity index (χ0) is 14.1. The molecule has 3 heterocycles. The maximum atomic E-state index is 6.11. The van der Waals surface area contributed by atoms with Crippen LogP contribution in [0.25, 0.3) is 11.5 Å². The number of hydrogen-bond donors (Lipinski definition) is 1. The van der Waals surface area contributed by atoms with Gasteiger partial charge >= 0.3 is 0 Å². The van der Waals surface area contributed by atoms with Gasteiger partial charge in [0.15, 0.2) is 0 Å². The summed E-state index contributed by atoms with van der Waals surface area (Å²) >= 11 is 1.57. The van der Waals surface area contributed by atoms with Gasteiger partial charge in [0.2, 0.25) is 11.7 Å². The Kier molecular flexibility index (Phi) is 3.33. The van der Waals surface area contributed by atoms with Crippen LogP contribution in [0.3, 0.4) is 0 Å². The number of hydrogen-bond acceptors (Lipinski definition) is 6. The summed E-state index contributed by atoms with van der Waals surface area (Å²) < 4.78 is 5.27. The van der Waals surface area contributed by atoms with E-state index in [0.29, 0.717) is 11.7 Å². The number of rotatable bonds is 3. The third kappa shape index (κ3) is 2.35. The van der Waals surface area contributed by atoms with Crippen LogP contribution in [0.4, 0.5) is 0 Å². The number of pyridine rings is 1. The summed E-state index contributed by atoms with van der Waals surface area (Å²) in [6, 6.07) is 5.55. The molecule has 0 saturated heterocycles.